The highest BCUT2D eigenvalue weighted by atomic mass is 16.5. The number of rotatable bonds is 7. The summed E-state index contributed by atoms with van der Waals surface area (Å²) in [5.74, 6) is 0.699. The van der Waals surface area contributed by atoms with Crippen LogP contribution in [0.15, 0.2) is 24.3 Å². The molecule has 0 aliphatic rings. The Balaban J connectivity index is 2.27. The molecule has 0 atom stereocenters. The highest BCUT2D eigenvalue weighted by molar-refractivity contribution is 6.58. The summed E-state index contributed by atoms with van der Waals surface area (Å²) in [6, 6.07) is 6.64. The van der Waals surface area contributed by atoms with Gasteiger partial charge in [0.2, 0.25) is 0 Å². The SMILES string of the molecule is CCCOCCOc1ccc(B(O)O)cc1. The van der Waals surface area contributed by atoms with Crippen molar-refractivity contribution >= 4 is 12.6 Å². The smallest absolute Gasteiger partial charge is 0.488 e. The fourth-order valence-corrected chi connectivity index (χ4v) is 1.20. The lowest BCUT2D eigenvalue weighted by molar-refractivity contribution is 0.101. The van der Waals surface area contributed by atoms with Crippen molar-refractivity contribution in [1.29, 1.82) is 0 Å². The molecule has 0 bridgehead atoms. The van der Waals surface area contributed by atoms with E-state index in [1.54, 1.807) is 24.3 Å². The summed E-state index contributed by atoms with van der Waals surface area (Å²) in [6.07, 6.45) is 1.00. The van der Waals surface area contributed by atoms with Gasteiger partial charge in [0.25, 0.3) is 0 Å². The largest absolute Gasteiger partial charge is 0.491 e. The van der Waals surface area contributed by atoms with E-state index >= 15 is 0 Å². The maximum Gasteiger partial charge on any atom is 0.488 e. The molecule has 1 aromatic carbocycles. The summed E-state index contributed by atoms with van der Waals surface area (Å²) >= 11 is 0. The summed E-state index contributed by atoms with van der Waals surface area (Å²) in [5.41, 5.74) is 0.453. The van der Waals surface area contributed by atoms with Crippen molar-refractivity contribution in [1.82, 2.24) is 0 Å². The standard InChI is InChI=1S/C11H17BO4/c1-2-7-15-8-9-16-11-5-3-10(4-6-11)12(13)14/h3-6,13-14H,2,7-9H2,1H3. The van der Waals surface area contributed by atoms with Crippen LogP contribution in [-0.4, -0.2) is 37.0 Å². The summed E-state index contributed by atoms with van der Waals surface area (Å²) in [7, 11) is -1.43. The van der Waals surface area contributed by atoms with Crippen molar-refractivity contribution < 1.29 is 19.5 Å². The molecule has 0 aromatic heterocycles. The van der Waals surface area contributed by atoms with E-state index in [2.05, 4.69) is 6.92 Å². The first-order chi connectivity index (χ1) is 7.74. The van der Waals surface area contributed by atoms with Crippen LogP contribution in [0.25, 0.3) is 0 Å². The molecule has 88 valence electrons. The number of ether oxygens (including phenoxy) is 2. The van der Waals surface area contributed by atoms with Gasteiger partial charge in [0, 0.05) is 6.61 Å². The van der Waals surface area contributed by atoms with Gasteiger partial charge in [0.1, 0.15) is 12.4 Å². The van der Waals surface area contributed by atoms with Crippen molar-refractivity contribution in [2.24, 2.45) is 0 Å². The predicted molar refractivity (Wildman–Crippen MR) is 62.9 cm³/mol. The minimum Gasteiger partial charge on any atom is -0.491 e. The Morgan fingerprint density at radius 3 is 2.31 bits per heavy atom. The van der Waals surface area contributed by atoms with Gasteiger partial charge < -0.3 is 19.5 Å². The van der Waals surface area contributed by atoms with E-state index in [1.807, 2.05) is 0 Å². The van der Waals surface area contributed by atoms with Gasteiger partial charge in [-0.1, -0.05) is 19.1 Å². The van der Waals surface area contributed by atoms with Gasteiger partial charge in [-0.05, 0) is 24.0 Å². The minimum absolute atomic E-state index is 0.453. The lowest BCUT2D eigenvalue weighted by atomic mass is 9.80. The molecule has 4 nitrogen and oxygen atoms in total. The molecule has 0 radical (unpaired) electrons. The summed E-state index contributed by atoms with van der Waals surface area (Å²) < 4.78 is 10.7. The number of benzene rings is 1. The molecule has 0 heterocycles. The van der Waals surface area contributed by atoms with E-state index in [1.165, 1.54) is 0 Å². The fourth-order valence-electron chi connectivity index (χ4n) is 1.20. The van der Waals surface area contributed by atoms with Crippen molar-refractivity contribution in [3.63, 3.8) is 0 Å². The molecule has 5 heteroatoms. The number of hydrogen-bond donors (Lipinski definition) is 2. The van der Waals surface area contributed by atoms with Crippen LogP contribution in [0, 0.1) is 0 Å². The van der Waals surface area contributed by atoms with Crippen LogP contribution in [0.2, 0.25) is 0 Å². The van der Waals surface area contributed by atoms with E-state index < -0.39 is 7.12 Å². The molecule has 1 rings (SSSR count). The van der Waals surface area contributed by atoms with Crippen LogP contribution >= 0.6 is 0 Å². The first-order valence-corrected chi connectivity index (χ1v) is 5.40. The zero-order valence-corrected chi connectivity index (χ0v) is 9.43. The molecular weight excluding hydrogens is 207 g/mol. The van der Waals surface area contributed by atoms with Gasteiger partial charge in [-0.25, -0.2) is 0 Å². The Kier molecular flexibility index (Phi) is 5.92. The molecule has 0 fully saturated rings. The molecule has 0 saturated heterocycles. The summed E-state index contributed by atoms with van der Waals surface area (Å²) in [5, 5.41) is 17.8. The molecule has 2 N–H and O–H groups in total. The van der Waals surface area contributed by atoms with Crippen LogP contribution in [-0.2, 0) is 4.74 Å². The third kappa shape index (κ3) is 4.66. The van der Waals surface area contributed by atoms with Crippen molar-refractivity contribution in [3.05, 3.63) is 24.3 Å². The maximum atomic E-state index is 8.88. The van der Waals surface area contributed by atoms with Crippen molar-refractivity contribution in [3.8, 4) is 5.75 Å². The van der Waals surface area contributed by atoms with Gasteiger partial charge in [0.15, 0.2) is 0 Å². The molecule has 0 aliphatic heterocycles. The summed E-state index contributed by atoms with van der Waals surface area (Å²) in [6.45, 7) is 3.87. The molecule has 16 heavy (non-hydrogen) atoms. The van der Waals surface area contributed by atoms with E-state index in [-0.39, 0.29) is 0 Å². The predicted octanol–water partition coefficient (Wildman–Crippen LogP) is 0.172. The monoisotopic (exact) mass is 224 g/mol. The van der Waals surface area contributed by atoms with E-state index in [9.17, 15) is 0 Å². The van der Waals surface area contributed by atoms with Crippen LogP contribution in [0.5, 0.6) is 5.75 Å². The maximum absolute atomic E-state index is 8.88. The normalized spacial score (nSPS) is 10.2. The zero-order chi connectivity index (χ0) is 11.8. The van der Waals surface area contributed by atoms with Gasteiger partial charge in [-0.3, -0.25) is 0 Å². The second-order valence-electron chi connectivity index (χ2n) is 3.40. The third-order valence-electron chi connectivity index (χ3n) is 2.02. The van der Waals surface area contributed by atoms with Gasteiger partial charge in [0.05, 0.1) is 6.61 Å². The van der Waals surface area contributed by atoms with E-state index in [0.717, 1.165) is 13.0 Å². The average Bonchev–Trinajstić information content (AvgIpc) is 2.29. The molecule has 0 aliphatic carbocycles. The first kappa shape index (κ1) is 13.0. The molecule has 0 spiro atoms. The third-order valence-corrected chi connectivity index (χ3v) is 2.02. The quantitative estimate of drug-likeness (QED) is 0.512. The molecule has 1 aromatic rings. The van der Waals surface area contributed by atoms with Crippen LogP contribution in [0.4, 0.5) is 0 Å². The van der Waals surface area contributed by atoms with Gasteiger partial charge >= 0.3 is 7.12 Å². The summed E-state index contributed by atoms with van der Waals surface area (Å²) in [4.78, 5) is 0. The molecule has 0 amide bonds. The van der Waals surface area contributed by atoms with Gasteiger partial charge in [-0.15, -0.1) is 0 Å². The lowest BCUT2D eigenvalue weighted by Gasteiger charge is -2.07. The highest BCUT2D eigenvalue weighted by Gasteiger charge is 2.09. The van der Waals surface area contributed by atoms with E-state index in [0.29, 0.717) is 24.4 Å². The first-order valence-electron chi connectivity index (χ1n) is 5.40. The zero-order valence-electron chi connectivity index (χ0n) is 9.43. The van der Waals surface area contributed by atoms with Crippen molar-refractivity contribution in [2.75, 3.05) is 19.8 Å². The van der Waals surface area contributed by atoms with Gasteiger partial charge in [-0.2, -0.15) is 0 Å². The highest BCUT2D eigenvalue weighted by Crippen LogP contribution is 2.07. The fraction of sp³-hybridized carbons (Fsp3) is 0.455. The number of hydrogen-bond acceptors (Lipinski definition) is 4. The molecule has 0 saturated carbocycles. The Labute approximate surface area is 96.0 Å². The topological polar surface area (TPSA) is 58.9 Å². The second kappa shape index (κ2) is 7.27. The minimum atomic E-state index is -1.43. The Morgan fingerprint density at radius 2 is 1.75 bits per heavy atom. The van der Waals surface area contributed by atoms with Crippen LogP contribution < -0.4 is 10.2 Å². The van der Waals surface area contributed by atoms with Crippen molar-refractivity contribution in [2.45, 2.75) is 13.3 Å². The lowest BCUT2D eigenvalue weighted by Crippen LogP contribution is -2.29. The Morgan fingerprint density at radius 1 is 1.06 bits per heavy atom. The average molecular weight is 224 g/mol. The van der Waals surface area contributed by atoms with Crippen LogP contribution in [0.3, 0.4) is 0 Å². The molecular formula is C11H17BO4. The second-order valence-corrected chi connectivity index (χ2v) is 3.40. The Hall–Kier alpha value is -1.04. The Bertz CT molecular complexity index is 287. The van der Waals surface area contributed by atoms with Crippen LogP contribution in [0.1, 0.15) is 13.3 Å². The molecule has 0 unspecified atom stereocenters. The van der Waals surface area contributed by atoms with E-state index in [4.69, 9.17) is 19.5 Å².